The van der Waals surface area contributed by atoms with E-state index in [4.69, 9.17) is 0 Å². The minimum atomic E-state index is -3.82. The van der Waals surface area contributed by atoms with Crippen LogP contribution in [0.15, 0.2) is 83.8 Å². The first-order chi connectivity index (χ1) is 15.2. The number of carbonyl (C=O) groups excluding carboxylic acids is 2. The fourth-order valence-electron chi connectivity index (χ4n) is 3.29. The van der Waals surface area contributed by atoms with Crippen molar-refractivity contribution in [3.63, 3.8) is 0 Å². The Labute approximate surface area is 188 Å². The van der Waals surface area contributed by atoms with Gasteiger partial charge in [-0.15, -0.1) is 0 Å². The number of sulfonamides is 1. The number of nitrogens with one attached hydrogen (secondary N) is 2. The Balaban J connectivity index is 1.71. The third-order valence-electron chi connectivity index (χ3n) is 5.08. The highest BCUT2D eigenvalue weighted by Gasteiger charge is 2.19. The van der Waals surface area contributed by atoms with Crippen LogP contribution in [0.4, 0.5) is 5.69 Å². The Morgan fingerprint density at radius 3 is 1.88 bits per heavy atom. The van der Waals surface area contributed by atoms with E-state index in [1.165, 1.54) is 31.2 Å². The number of amides is 1. The van der Waals surface area contributed by atoms with Gasteiger partial charge in [-0.05, 0) is 54.8 Å². The summed E-state index contributed by atoms with van der Waals surface area (Å²) >= 11 is 0. The zero-order valence-electron chi connectivity index (χ0n) is 18.2. The molecule has 0 aliphatic rings. The first kappa shape index (κ1) is 23.2. The van der Waals surface area contributed by atoms with Gasteiger partial charge in [-0.2, -0.15) is 0 Å². The van der Waals surface area contributed by atoms with Crippen molar-refractivity contribution in [2.75, 3.05) is 4.72 Å². The zero-order chi connectivity index (χ0) is 23.3. The number of Topliss-reactive ketones (excluding diaryl/α,β-unsaturated/α-hetero) is 1. The Morgan fingerprint density at radius 1 is 0.781 bits per heavy atom. The quantitative estimate of drug-likeness (QED) is 0.482. The van der Waals surface area contributed by atoms with E-state index in [9.17, 15) is 18.0 Å². The predicted octanol–water partition coefficient (Wildman–Crippen LogP) is 4.82. The Kier molecular flexibility index (Phi) is 7.10. The number of rotatable bonds is 8. The van der Waals surface area contributed by atoms with E-state index in [2.05, 4.69) is 10.0 Å². The lowest BCUT2D eigenvalue weighted by molar-refractivity contribution is 0.0925. The van der Waals surface area contributed by atoms with Crippen LogP contribution < -0.4 is 10.0 Å². The number of benzene rings is 3. The van der Waals surface area contributed by atoms with Crippen LogP contribution in [0.5, 0.6) is 0 Å². The molecule has 3 rings (SSSR count). The average Bonchev–Trinajstić information content (AvgIpc) is 2.78. The fraction of sp³-hybridized carbons (Fsp3) is 0.200. The second-order valence-electron chi connectivity index (χ2n) is 7.87. The molecule has 3 aromatic carbocycles. The highest BCUT2D eigenvalue weighted by atomic mass is 32.2. The van der Waals surface area contributed by atoms with E-state index in [0.717, 1.165) is 5.56 Å². The van der Waals surface area contributed by atoms with Crippen LogP contribution >= 0.6 is 0 Å². The van der Waals surface area contributed by atoms with E-state index in [0.29, 0.717) is 16.8 Å². The smallest absolute Gasteiger partial charge is 0.261 e. The molecule has 3 aromatic rings. The summed E-state index contributed by atoms with van der Waals surface area (Å²) < 4.78 is 27.7. The number of hydrogen-bond acceptors (Lipinski definition) is 4. The van der Waals surface area contributed by atoms with Crippen molar-refractivity contribution in [2.45, 2.75) is 31.7 Å². The number of carbonyl (C=O) groups is 2. The van der Waals surface area contributed by atoms with Crippen molar-refractivity contribution in [3.8, 4) is 0 Å². The van der Waals surface area contributed by atoms with E-state index < -0.39 is 10.0 Å². The van der Waals surface area contributed by atoms with Gasteiger partial charge in [0.05, 0.1) is 10.9 Å². The summed E-state index contributed by atoms with van der Waals surface area (Å²) in [4.78, 5) is 24.2. The molecule has 1 atom stereocenters. The maximum absolute atomic E-state index is 12.8. The Hall–Kier alpha value is -3.45. The normalized spacial score (nSPS) is 12.2. The van der Waals surface area contributed by atoms with Crippen molar-refractivity contribution in [1.29, 1.82) is 0 Å². The number of ketones is 1. The second kappa shape index (κ2) is 9.78. The molecule has 0 radical (unpaired) electrons. The molecule has 0 aliphatic carbocycles. The minimum Gasteiger partial charge on any atom is -0.345 e. The van der Waals surface area contributed by atoms with Gasteiger partial charge in [0.15, 0.2) is 5.78 Å². The third-order valence-corrected chi connectivity index (χ3v) is 6.48. The Bertz CT molecular complexity index is 1190. The van der Waals surface area contributed by atoms with E-state index in [-0.39, 0.29) is 28.5 Å². The predicted molar refractivity (Wildman–Crippen MR) is 125 cm³/mol. The van der Waals surface area contributed by atoms with Crippen molar-refractivity contribution >= 4 is 27.4 Å². The molecule has 0 aliphatic heterocycles. The largest absolute Gasteiger partial charge is 0.345 e. The molecule has 0 fully saturated rings. The summed E-state index contributed by atoms with van der Waals surface area (Å²) in [7, 11) is -3.82. The van der Waals surface area contributed by atoms with Crippen LogP contribution in [0.2, 0.25) is 0 Å². The molecule has 0 bridgehead atoms. The Morgan fingerprint density at radius 2 is 1.34 bits per heavy atom. The SMILES string of the molecule is CC(=O)c1ccc(S(=O)(=O)Nc2ccc(C(=O)N[C@H](c3ccccc3)C(C)C)cc2)cc1. The lowest BCUT2D eigenvalue weighted by Crippen LogP contribution is -2.31. The fourth-order valence-corrected chi connectivity index (χ4v) is 4.35. The monoisotopic (exact) mass is 450 g/mol. The molecule has 0 saturated carbocycles. The molecule has 2 N–H and O–H groups in total. The van der Waals surface area contributed by atoms with Crippen molar-refractivity contribution in [1.82, 2.24) is 5.32 Å². The van der Waals surface area contributed by atoms with Crippen LogP contribution in [-0.4, -0.2) is 20.1 Å². The van der Waals surface area contributed by atoms with Crippen LogP contribution in [0.3, 0.4) is 0 Å². The highest BCUT2D eigenvalue weighted by Crippen LogP contribution is 2.23. The summed E-state index contributed by atoms with van der Waals surface area (Å²) in [5.74, 6) is -0.175. The maximum atomic E-state index is 12.8. The molecule has 0 unspecified atom stereocenters. The van der Waals surface area contributed by atoms with Crippen LogP contribution in [0, 0.1) is 5.92 Å². The van der Waals surface area contributed by atoms with Gasteiger partial charge in [0.2, 0.25) is 0 Å². The molecule has 0 aromatic heterocycles. The van der Waals surface area contributed by atoms with Gasteiger partial charge in [0.1, 0.15) is 0 Å². The van der Waals surface area contributed by atoms with Gasteiger partial charge in [0.25, 0.3) is 15.9 Å². The number of hydrogen-bond donors (Lipinski definition) is 2. The lowest BCUT2D eigenvalue weighted by atomic mass is 9.95. The zero-order valence-corrected chi connectivity index (χ0v) is 19.0. The molecule has 32 heavy (non-hydrogen) atoms. The van der Waals surface area contributed by atoms with Crippen LogP contribution in [0.1, 0.15) is 53.1 Å². The van der Waals surface area contributed by atoms with Gasteiger partial charge in [-0.1, -0.05) is 56.3 Å². The molecule has 0 saturated heterocycles. The maximum Gasteiger partial charge on any atom is 0.261 e. The summed E-state index contributed by atoms with van der Waals surface area (Å²) in [5, 5.41) is 3.05. The average molecular weight is 451 g/mol. The molecule has 7 heteroatoms. The third kappa shape index (κ3) is 5.62. The molecule has 166 valence electrons. The first-order valence-corrected chi connectivity index (χ1v) is 11.8. The van der Waals surface area contributed by atoms with Crippen LogP contribution in [0.25, 0.3) is 0 Å². The molecular weight excluding hydrogens is 424 g/mol. The molecule has 0 heterocycles. The summed E-state index contributed by atoms with van der Waals surface area (Å²) in [6.07, 6.45) is 0. The van der Waals surface area contributed by atoms with Crippen LogP contribution in [-0.2, 0) is 10.0 Å². The first-order valence-electron chi connectivity index (χ1n) is 10.3. The molecule has 6 nitrogen and oxygen atoms in total. The standard InChI is InChI=1S/C25H26N2O4S/c1-17(2)24(20-7-5-4-6-8-20)26-25(29)21-9-13-22(14-10-21)27-32(30,31)23-15-11-19(12-16-23)18(3)28/h4-17,24,27H,1-3H3,(H,26,29)/t24-/m0/s1. The minimum absolute atomic E-state index is 0.0481. The van der Waals surface area contributed by atoms with E-state index in [1.807, 2.05) is 44.2 Å². The summed E-state index contributed by atoms with van der Waals surface area (Å²) in [6.45, 7) is 5.50. The summed E-state index contributed by atoms with van der Waals surface area (Å²) in [6, 6.07) is 21.6. The van der Waals surface area contributed by atoms with Gasteiger partial charge in [0, 0.05) is 16.8 Å². The van der Waals surface area contributed by atoms with E-state index >= 15 is 0 Å². The summed E-state index contributed by atoms with van der Waals surface area (Å²) in [5.41, 5.74) is 2.23. The molecule has 1 amide bonds. The van der Waals surface area contributed by atoms with Crippen molar-refractivity contribution in [2.24, 2.45) is 5.92 Å². The van der Waals surface area contributed by atoms with Gasteiger partial charge in [-0.25, -0.2) is 8.42 Å². The van der Waals surface area contributed by atoms with Crippen molar-refractivity contribution in [3.05, 3.63) is 95.6 Å². The van der Waals surface area contributed by atoms with Gasteiger partial charge >= 0.3 is 0 Å². The molecular formula is C25H26N2O4S. The van der Waals surface area contributed by atoms with Crippen molar-refractivity contribution < 1.29 is 18.0 Å². The second-order valence-corrected chi connectivity index (χ2v) is 9.55. The molecule has 0 spiro atoms. The van der Waals surface area contributed by atoms with Gasteiger partial charge in [-0.3, -0.25) is 14.3 Å². The highest BCUT2D eigenvalue weighted by molar-refractivity contribution is 7.92. The lowest BCUT2D eigenvalue weighted by Gasteiger charge is -2.23. The number of anilines is 1. The van der Waals surface area contributed by atoms with E-state index in [1.54, 1.807) is 24.3 Å². The topological polar surface area (TPSA) is 92.3 Å². The van der Waals surface area contributed by atoms with Gasteiger partial charge < -0.3 is 5.32 Å².